The number of hydrogen-bond donors (Lipinski definition) is 1. The molecule has 0 spiro atoms. The first-order valence-electron chi connectivity index (χ1n) is 6.36. The highest BCUT2D eigenvalue weighted by Gasteiger charge is 2.05. The number of nitrogens with zero attached hydrogens (tertiary/aromatic N) is 1. The first-order valence-corrected chi connectivity index (χ1v) is 7.16. The van der Waals surface area contributed by atoms with E-state index in [1.165, 1.54) is 0 Å². The summed E-state index contributed by atoms with van der Waals surface area (Å²) in [6, 6.07) is 9.71. The molecular weight excluding hydrogens is 304 g/mol. The Morgan fingerprint density at radius 1 is 1.32 bits per heavy atom. The zero-order chi connectivity index (χ0) is 13.5. The molecule has 0 unspecified atom stereocenters. The van der Waals surface area contributed by atoms with E-state index in [4.69, 9.17) is 4.74 Å². The molecule has 1 heterocycles. The molecule has 1 N–H and O–H groups in total. The standard InChI is InChI=1S/C15H17BrN2O/c1-2-7-17-10-12-11-18-8-6-15(12)19-14-5-3-4-13(16)9-14/h3-6,8-9,11,17H,2,7,10H2,1H3. The third-order valence-electron chi connectivity index (χ3n) is 2.62. The highest BCUT2D eigenvalue weighted by molar-refractivity contribution is 9.10. The van der Waals surface area contributed by atoms with Crippen LogP contribution in [0.25, 0.3) is 0 Å². The van der Waals surface area contributed by atoms with E-state index in [1.54, 1.807) is 6.20 Å². The Morgan fingerprint density at radius 3 is 3.00 bits per heavy atom. The molecule has 0 aliphatic carbocycles. The molecule has 0 aliphatic heterocycles. The lowest BCUT2D eigenvalue weighted by atomic mass is 10.2. The van der Waals surface area contributed by atoms with Gasteiger partial charge in [-0.1, -0.05) is 28.9 Å². The normalized spacial score (nSPS) is 10.4. The Morgan fingerprint density at radius 2 is 2.21 bits per heavy atom. The first kappa shape index (κ1) is 14.0. The SMILES string of the molecule is CCCNCc1cnccc1Oc1cccc(Br)c1. The Labute approximate surface area is 122 Å². The average molecular weight is 321 g/mol. The summed E-state index contributed by atoms with van der Waals surface area (Å²) in [5.74, 6) is 1.66. The molecule has 0 aliphatic rings. The van der Waals surface area contributed by atoms with Crippen molar-refractivity contribution in [3.05, 3.63) is 52.8 Å². The van der Waals surface area contributed by atoms with Gasteiger partial charge in [-0.15, -0.1) is 0 Å². The van der Waals surface area contributed by atoms with Gasteiger partial charge in [-0.2, -0.15) is 0 Å². The van der Waals surface area contributed by atoms with Crippen LogP contribution in [0, 0.1) is 0 Å². The van der Waals surface area contributed by atoms with Gasteiger partial charge in [0.25, 0.3) is 0 Å². The predicted molar refractivity (Wildman–Crippen MR) is 80.5 cm³/mol. The smallest absolute Gasteiger partial charge is 0.134 e. The Kier molecular flexibility index (Phi) is 5.36. The van der Waals surface area contributed by atoms with Crippen LogP contribution in [0.1, 0.15) is 18.9 Å². The zero-order valence-corrected chi connectivity index (χ0v) is 12.5. The Bertz CT molecular complexity index is 531. The van der Waals surface area contributed by atoms with Gasteiger partial charge in [0.05, 0.1) is 0 Å². The summed E-state index contributed by atoms with van der Waals surface area (Å²) in [5, 5.41) is 3.36. The van der Waals surface area contributed by atoms with Crippen molar-refractivity contribution in [3.8, 4) is 11.5 Å². The molecule has 0 amide bonds. The number of benzene rings is 1. The Balaban J connectivity index is 2.11. The molecule has 1 aromatic carbocycles. The van der Waals surface area contributed by atoms with Crippen molar-refractivity contribution in [3.63, 3.8) is 0 Å². The van der Waals surface area contributed by atoms with Crippen molar-refractivity contribution in [1.29, 1.82) is 0 Å². The number of nitrogens with one attached hydrogen (secondary N) is 1. The van der Waals surface area contributed by atoms with Crippen LogP contribution in [-0.4, -0.2) is 11.5 Å². The summed E-state index contributed by atoms with van der Waals surface area (Å²) in [7, 11) is 0. The largest absolute Gasteiger partial charge is 0.457 e. The molecule has 0 fully saturated rings. The number of aromatic nitrogens is 1. The second kappa shape index (κ2) is 7.26. The fourth-order valence-electron chi connectivity index (χ4n) is 1.70. The monoisotopic (exact) mass is 320 g/mol. The van der Waals surface area contributed by atoms with Gasteiger partial charge in [-0.3, -0.25) is 4.98 Å². The molecule has 0 saturated carbocycles. The van der Waals surface area contributed by atoms with Gasteiger partial charge < -0.3 is 10.1 Å². The molecule has 2 rings (SSSR count). The summed E-state index contributed by atoms with van der Waals surface area (Å²) >= 11 is 3.44. The van der Waals surface area contributed by atoms with Crippen LogP contribution in [0.2, 0.25) is 0 Å². The van der Waals surface area contributed by atoms with Crippen LogP contribution >= 0.6 is 15.9 Å². The van der Waals surface area contributed by atoms with Crippen LogP contribution in [-0.2, 0) is 6.54 Å². The van der Waals surface area contributed by atoms with E-state index in [0.29, 0.717) is 0 Å². The molecule has 0 bridgehead atoms. The highest BCUT2D eigenvalue weighted by Crippen LogP contribution is 2.26. The van der Waals surface area contributed by atoms with Crippen molar-refractivity contribution in [2.75, 3.05) is 6.54 Å². The van der Waals surface area contributed by atoms with Gasteiger partial charge in [-0.05, 0) is 37.2 Å². The number of ether oxygens (including phenoxy) is 1. The third kappa shape index (κ3) is 4.33. The topological polar surface area (TPSA) is 34.2 Å². The summed E-state index contributed by atoms with van der Waals surface area (Å²) in [6.45, 7) is 3.91. The van der Waals surface area contributed by atoms with Crippen LogP contribution in [0.3, 0.4) is 0 Å². The lowest BCUT2D eigenvalue weighted by Crippen LogP contribution is -2.14. The van der Waals surface area contributed by atoms with Crippen LogP contribution in [0.15, 0.2) is 47.2 Å². The number of hydrogen-bond acceptors (Lipinski definition) is 3. The summed E-state index contributed by atoms with van der Waals surface area (Å²) < 4.78 is 6.92. The molecule has 100 valence electrons. The second-order valence-corrected chi connectivity index (χ2v) is 5.14. The molecular formula is C15H17BrN2O. The van der Waals surface area contributed by atoms with Gasteiger partial charge in [0.1, 0.15) is 11.5 Å². The lowest BCUT2D eigenvalue weighted by Gasteiger charge is -2.11. The zero-order valence-electron chi connectivity index (χ0n) is 10.9. The maximum Gasteiger partial charge on any atom is 0.134 e. The van der Waals surface area contributed by atoms with Gasteiger partial charge in [0.2, 0.25) is 0 Å². The van der Waals surface area contributed by atoms with Crippen molar-refractivity contribution in [1.82, 2.24) is 10.3 Å². The molecule has 19 heavy (non-hydrogen) atoms. The van der Waals surface area contributed by atoms with Crippen molar-refractivity contribution in [2.24, 2.45) is 0 Å². The van der Waals surface area contributed by atoms with Crippen LogP contribution in [0.5, 0.6) is 11.5 Å². The van der Waals surface area contributed by atoms with Crippen molar-refractivity contribution >= 4 is 15.9 Å². The lowest BCUT2D eigenvalue weighted by molar-refractivity contribution is 0.471. The summed E-state index contributed by atoms with van der Waals surface area (Å²) in [5.41, 5.74) is 1.07. The maximum atomic E-state index is 5.91. The first-order chi connectivity index (χ1) is 9.29. The van der Waals surface area contributed by atoms with Gasteiger partial charge >= 0.3 is 0 Å². The van der Waals surface area contributed by atoms with Crippen molar-refractivity contribution < 1.29 is 4.74 Å². The highest BCUT2D eigenvalue weighted by atomic mass is 79.9. The van der Waals surface area contributed by atoms with Crippen molar-refractivity contribution in [2.45, 2.75) is 19.9 Å². The third-order valence-corrected chi connectivity index (χ3v) is 3.12. The van der Waals surface area contributed by atoms with E-state index >= 15 is 0 Å². The number of halogens is 1. The van der Waals surface area contributed by atoms with E-state index in [2.05, 4.69) is 33.2 Å². The molecule has 0 saturated heterocycles. The maximum absolute atomic E-state index is 5.91. The minimum atomic E-state index is 0.769. The molecule has 0 radical (unpaired) electrons. The molecule has 0 atom stereocenters. The second-order valence-electron chi connectivity index (χ2n) is 4.22. The van der Waals surface area contributed by atoms with Gasteiger partial charge in [0, 0.05) is 29.0 Å². The van der Waals surface area contributed by atoms with E-state index < -0.39 is 0 Å². The fraction of sp³-hybridized carbons (Fsp3) is 0.267. The summed E-state index contributed by atoms with van der Waals surface area (Å²) in [6.07, 6.45) is 4.70. The Hall–Kier alpha value is -1.39. The van der Waals surface area contributed by atoms with E-state index in [9.17, 15) is 0 Å². The minimum absolute atomic E-state index is 0.769. The van der Waals surface area contributed by atoms with E-state index in [-0.39, 0.29) is 0 Å². The molecule has 2 aromatic rings. The molecule has 3 nitrogen and oxygen atoms in total. The quantitative estimate of drug-likeness (QED) is 0.812. The summed E-state index contributed by atoms with van der Waals surface area (Å²) in [4.78, 5) is 4.15. The van der Waals surface area contributed by atoms with Crippen LogP contribution in [0.4, 0.5) is 0 Å². The predicted octanol–water partition coefficient (Wildman–Crippen LogP) is 4.14. The fourth-order valence-corrected chi connectivity index (χ4v) is 2.08. The van der Waals surface area contributed by atoms with Gasteiger partial charge in [-0.25, -0.2) is 0 Å². The minimum Gasteiger partial charge on any atom is -0.457 e. The number of rotatable bonds is 6. The van der Waals surface area contributed by atoms with Gasteiger partial charge in [0.15, 0.2) is 0 Å². The number of pyridine rings is 1. The van der Waals surface area contributed by atoms with E-state index in [1.807, 2.05) is 36.5 Å². The molecule has 1 aromatic heterocycles. The van der Waals surface area contributed by atoms with E-state index in [0.717, 1.165) is 41.0 Å². The average Bonchev–Trinajstić information content (AvgIpc) is 2.41. The van der Waals surface area contributed by atoms with Crippen LogP contribution < -0.4 is 10.1 Å². The molecule has 4 heteroatoms.